The van der Waals surface area contributed by atoms with Crippen LogP contribution in [0.3, 0.4) is 0 Å². The lowest BCUT2D eigenvalue weighted by atomic mass is 9.84. The minimum absolute atomic E-state index is 0.0826. The number of hydrogen-bond donors (Lipinski definition) is 3. The highest BCUT2D eigenvalue weighted by Crippen LogP contribution is 2.27. The van der Waals surface area contributed by atoms with Crippen LogP contribution in [0.4, 0.5) is 4.79 Å². The smallest absolute Gasteiger partial charge is 0.408 e. The number of ether oxygens (including phenoxy) is 1. The van der Waals surface area contributed by atoms with Crippen molar-refractivity contribution in [3.05, 3.63) is 24.2 Å². The molecule has 1 unspecified atom stereocenters. The van der Waals surface area contributed by atoms with Crippen LogP contribution in [0.25, 0.3) is 0 Å². The Morgan fingerprint density at radius 1 is 1.19 bits per heavy atom. The Labute approximate surface area is 159 Å². The van der Waals surface area contributed by atoms with E-state index in [1.165, 1.54) is 18.8 Å². The Morgan fingerprint density at radius 3 is 2.48 bits per heavy atom. The lowest BCUT2D eigenvalue weighted by molar-refractivity contribution is -0.124. The third-order valence-electron chi connectivity index (χ3n) is 4.35. The van der Waals surface area contributed by atoms with Gasteiger partial charge in [0.15, 0.2) is 5.76 Å². The average Bonchev–Trinajstić information content (AvgIpc) is 3.12. The fraction of sp³-hybridized carbons (Fsp3) is 0.632. The molecule has 1 saturated carbocycles. The van der Waals surface area contributed by atoms with Crippen molar-refractivity contribution in [3.8, 4) is 0 Å². The van der Waals surface area contributed by atoms with Crippen LogP contribution in [-0.4, -0.2) is 29.6 Å². The molecule has 1 aliphatic carbocycles. The second-order valence-corrected chi connectivity index (χ2v) is 7.86. The normalized spacial score (nSPS) is 16.3. The van der Waals surface area contributed by atoms with E-state index in [4.69, 9.17) is 9.15 Å². The third kappa shape index (κ3) is 7.32. The molecule has 0 aromatic carbocycles. The van der Waals surface area contributed by atoms with Crippen LogP contribution in [0.1, 0.15) is 69.9 Å². The molecule has 2 rings (SSSR count). The Bertz CT molecular complexity index is 630. The molecule has 3 N–H and O–H groups in total. The van der Waals surface area contributed by atoms with E-state index >= 15 is 0 Å². The van der Waals surface area contributed by atoms with Crippen LogP contribution in [0.2, 0.25) is 0 Å². The molecule has 1 aromatic heterocycles. The van der Waals surface area contributed by atoms with Crippen molar-refractivity contribution in [1.29, 1.82) is 0 Å². The summed E-state index contributed by atoms with van der Waals surface area (Å²) in [4.78, 5) is 36.6. The monoisotopic (exact) mass is 379 g/mol. The van der Waals surface area contributed by atoms with Crippen molar-refractivity contribution in [2.45, 2.75) is 70.9 Å². The molecule has 1 atom stereocenters. The largest absolute Gasteiger partial charge is 0.459 e. The van der Waals surface area contributed by atoms with Gasteiger partial charge in [-0.25, -0.2) is 4.79 Å². The maximum atomic E-state index is 12.6. The highest BCUT2D eigenvalue weighted by atomic mass is 16.6. The van der Waals surface area contributed by atoms with Crippen LogP contribution in [-0.2, 0) is 9.53 Å². The summed E-state index contributed by atoms with van der Waals surface area (Å²) in [5.74, 6) is -0.627. The second-order valence-electron chi connectivity index (χ2n) is 7.86. The van der Waals surface area contributed by atoms with Gasteiger partial charge in [0, 0.05) is 0 Å². The molecule has 1 aliphatic rings. The summed E-state index contributed by atoms with van der Waals surface area (Å²) in [6, 6.07) is 2.27. The van der Waals surface area contributed by atoms with Crippen LogP contribution in [0.5, 0.6) is 0 Å². The minimum atomic E-state index is -0.792. The standard InChI is InChI=1S/C19H29N3O5/c1-19(2,3)27-18(25)20-14(12-13-8-5-4-6-9-13)16(23)21-22-17(24)15-10-7-11-26-15/h7,10-11,13-14H,4-6,8-9,12H2,1-3H3,(H,20,25)(H,21,23)(H,22,24). The number of carbonyl (C=O) groups excluding carboxylic acids is 3. The summed E-state index contributed by atoms with van der Waals surface area (Å²) in [5.41, 5.74) is 4.00. The lowest BCUT2D eigenvalue weighted by Gasteiger charge is -2.27. The molecule has 8 heteroatoms. The number of hydrazine groups is 1. The van der Waals surface area contributed by atoms with Gasteiger partial charge in [0.25, 0.3) is 5.91 Å². The van der Waals surface area contributed by atoms with Crippen molar-refractivity contribution in [1.82, 2.24) is 16.2 Å². The van der Waals surface area contributed by atoms with E-state index in [9.17, 15) is 14.4 Å². The predicted octanol–water partition coefficient (Wildman–Crippen LogP) is 2.90. The number of furan rings is 1. The number of alkyl carbamates (subject to hydrolysis) is 1. The highest BCUT2D eigenvalue weighted by molar-refractivity contribution is 5.94. The lowest BCUT2D eigenvalue weighted by Crippen LogP contribution is -2.53. The molecule has 27 heavy (non-hydrogen) atoms. The summed E-state index contributed by atoms with van der Waals surface area (Å²) < 4.78 is 10.2. The maximum absolute atomic E-state index is 12.6. The van der Waals surface area contributed by atoms with E-state index in [0.717, 1.165) is 25.7 Å². The van der Waals surface area contributed by atoms with Gasteiger partial charge in [-0.2, -0.15) is 0 Å². The van der Waals surface area contributed by atoms with Crippen LogP contribution in [0.15, 0.2) is 22.8 Å². The first-order chi connectivity index (χ1) is 12.7. The van der Waals surface area contributed by atoms with Gasteiger partial charge in [-0.1, -0.05) is 32.1 Å². The fourth-order valence-corrected chi connectivity index (χ4v) is 3.11. The zero-order valence-electron chi connectivity index (χ0n) is 16.2. The van der Waals surface area contributed by atoms with Gasteiger partial charge in [0.2, 0.25) is 0 Å². The Balaban J connectivity index is 1.95. The molecule has 1 heterocycles. The van der Waals surface area contributed by atoms with Gasteiger partial charge in [0.1, 0.15) is 11.6 Å². The molecule has 0 radical (unpaired) electrons. The molecule has 0 spiro atoms. The molecule has 1 fully saturated rings. The Hall–Kier alpha value is -2.51. The Morgan fingerprint density at radius 2 is 1.89 bits per heavy atom. The zero-order valence-corrected chi connectivity index (χ0v) is 16.2. The molecule has 0 saturated heterocycles. The summed E-state index contributed by atoms with van der Waals surface area (Å²) in [6.45, 7) is 5.27. The number of amides is 3. The quantitative estimate of drug-likeness (QED) is 0.682. The fourth-order valence-electron chi connectivity index (χ4n) is 3.11. The van der Waals surface area contributed by atoms with Crippen LogP contribution in [0, 0.1) is 5.92 Å². The van der Waals surface area contributed by atoms with Gasteiger partial charge < -0.3 is 14.5 Å². The average molecular weight is 379 g/mol. The first-order valence-corrected chi connectivity index (χ1v) is 9.38. The van der Waals surface area contributed by atoms with Gasteiger partial charge in [0.05, 0.1) is 6.26 Å². The summed E-state index contributed by atoms with van der Waals surface area (Å²) >= 11 is 0. The van der Waals surface area contributed by atoms with Crippen LogP contribution < -0.4 is 16.2 Å². The van der Waals surface area contributed by atoms with E-state index < -0.39 is 29.6 Å². The van der Waals surface area contributed by atoms with Crippen molar-refractivity contribution < 1.29 is 23.5 Å². The molecule has 8 nitrogen and oxygen atoms in total. The Kier molecular flexibility index (Phi) is 7.27. The first kappa shape index (κ1) is 20.8. The number of rotatable bonds is 5. The third-order valence-corrected chi connectivity index (χ3v) is 4.35. The van der Waals surface area contributed by atoms with Crippen molar-refractivity contribution in [3.63, 3.8) is 0 Å². The number of nitrogens with one attached hydrogen (secondary N) is 3. The van der Waals surface area contributed by atoms with Crippen molar-refractivity contribution in [2.24, 2.45) is 5.92 Å². The number of hydrogen-bond acceptors (Lipinski definition) is 5. The van der Waals surface area contributed by atoms with E-state index in [0.29, 0.717) is 12.3 Å². The molecule has 0 bridgehead atoms. The van der Waals surface area contributed by atoms with Gasteiger partial charge in [-0.05, 0) is 45.2 Å². The summed E-state index contributed by atoms with van der Waals surface area (Å²) in [7, 11) is 0. The van der Waals surface area contributed by atoms with Gasteiger partial charge in [-0.15, -0.1) is 0 Å². The maximum Gasteiger partial charge on any atom is 0.408 e. The van der Waals surface area contributed by atoms with Gasteiger partial charge >= 0.3 is 12.0 Å². The first-order valence-electron chi connectivity index (χ1n) is 9.38. The van der Waals surface area contributed by atoms with Crippen molar-refractivity contribution in [2.75, 3.05) is 0 Å². The van der Waals surface area contributed by atoms with E-state index in [2.05, 4.69) is 16.2 Å². The number of carbonyl (C=O) groups is 3. The summed E-state index contributed by atoms with van der Waals surface area (Å²) in [6.07, 6.45) is 6.72. The molecule has 1 aromatic rings. The van der Waals surface area contributed by atoms with Crippen LogP contribution >= 0.6 is 0 Å². The molecular formula is C19H29N3O5. The molecule has 3 amide bonds. The molecular weight excluding hydrogens is 350 g/mol. The topological polar surface area (TPSA) is 110 Å². The molecule has 0 aliphatic heterocycles. The summed E-state index contributed by atoms with van der Waals surface area (Å²) in [5, 5.41) is 2.63. The highest BCUT2D eigenvalue weighted by Gasteiger charge is 2.28. The van der Waals surface area contributed by atoms with E-state index in [1.807, 2.05) is 0 Å². The van der Waals surface area contributed by atoms with Gasteiger partial charge in [-0.3, -0.25) is 20.4 Å². The molecule has 150 valence electrons. The minimum Gasteiger partial charge on any atom is -0.459 e. The van der Waals surface area contributed by atoms with Crippen molar-refractivity contribution >= 4 is 17.9 Å². The van der Waals surface area contributed by atoms with E-state index in [-0.39, 0.29) is 5.76 Å². The van der Waals surface area contributed by atoms with E-state index in [1.54, 1.807) is 26.8 Å². The second kappa shape index (κ2) is 9.43. The zero-order chi connectivity index (χ0) is 19.9. The SMILES string of the molecule is CC(C)(C)OC(=O)NC(CC1CCCCC1)C(=O)NNC(=O)c1ccco1. The predicted molar refractivity (Wildman–Crippen MR) is 98.7 cm³/mol.